The van der Waals surface area contributed by atoms with E-state index < -0.39 is 9.84 Å². The van der Waals surface area contributed by atoms with Crippen molar-refractivity contribution in [3.05, 3.63) is 71.1 Å². The third kappa shape index (κ3) is 5.79. The highest BCUT2D eigenvalue weighted by atomic mass is 32.2. The van der Waals surface area contributed by atoms with Gasteiger partial charge in [-0.1, -0.05) is 35.9 Å². The topological polar surface area (TPSA) is 89.3 Å². The van der Waals surface area contributed by atoms with Crippen molar-refractivity contribution in [2.45, 2.75) is 39.4 Å². The first-order valence-corrected chi connectivity index (χ1v) is 11.6. The van der Waals surface area contributed by atoms with Crippen LogP contribution in [0.15, 0.2) is 53.1 Å². The van der Waals surface area contributed by atoms with E-state index >= 15 is 0 Å². The van der Waals surface area contributed by atoms with E-state index in [-0.39, 0.29) is 30.3 Å². The Morgan fingerprint density at radius 2 is 1.73 bits per heavy atom. The van der Waals surface area contributed by atoms with Crippen molar-refractivity contribution in [3.63, 3.8) is 0 Å². The number of hydrogen-bond donors (Lipinski definition) is 1. The second kappa shape index (κ2) is 9.26. The van der Waals surface area contributed by atoms with Crippen molar-refractivity contribution in [3.8, 4) is 11.5 Å². The highest BCUT2D eigenvalue weighted by Crippen LogP contribution is 2.22. The molecule has 6 nitrogen and oxygen atoms in total. The number of rotatable bonds is 8. The van der Waals surface area contributed by atoms with Gasteiger partial charge < -0.3 is 9.73 Å². The van der Waals surface area contributed by atoms with Crippen LogP contribution in [0.5, 0.6) is 0 Å². The first-order valence-electron chi connectivity index (χ1n) is 9.81. The summed E-state index contributed by atoms with van der Waals surface area (Å²) in [4.78, 5) is 16.5. The Morgan fingerprint density at radius 1 is 1.07 bits per heavy atom. The zero-order valence-corrected chi connectivity index (χ0v) is 18.3. The van der Waals surface area contributed by atoms with Crippen LogP contribution in [-0.2, 0) is 20.4 Å². The van der Waals surface area contributed by atoms with E-state index in [0.29, 0.717) is 11.6 Å². The molecule has 0 radical (unpaired) electrons. The van der Waals surface area contributed by atoms with Gasteiger partial charge in [-0.3, -0.25) is 4.79 Å². The Kier molecular flexibility index (Phi) is 6.72. The second-order valence-electron chi connectivity index (χ2n) is 7.53. The van der Waals surface area contributed by atoms with Crippen LogP contribution in [0.25, 0.3) is 11.5 Å². The van der Waals surface area contributed by atoms with Gasteiger partial charge in [0.2, 0.25) is 11.8 Å². The smallest absolute Gasteiger partial charge is 0.226 e. The zero-order chi connectivity index (χ0) is 21.7. The second-order valence-corrected chi connectivity index (χ2v) is 9.71. The van der Waals surface area contributed by atoms with Gasteiger partial charge in [0.15, 0.2) is 9.84 Å². The molecule has 1 N–H and O–H groups in total. The molecule has 0 saturated carbocycles. The number of sulfone groups is 1. The molecule has 0 aliphatic rings. The molecule has 0 spiro atoms. The fourth-order valence-electron chi connectivity index (χ4n) is 3.42. The summed E-state index contributed by atoms with van der Waals surface area (Å²) < 4.78 is 30.2. The normalized spacial score (nSPS) is 11.4. The van der Waals surface area contributed by atoms with Crippen molar-refractivity contribution < 1.29 is 17.6 Å². The summed E-state index contributed by atoms with van der Waals surface area (Å²) in [6.07, 6.45) is 1.76. The molecule has 3 rings (SSSR count). The minimum atomic E-state index is -3.40. The fourth-order valence-corrected chi connectivity index (χ4v) is 4.73. The summed E-state index contributed by atoms with van der Waals surface area (Å²) in [5.74, 6) is -0.0851. The number of nitrogens with one attached hydrogen (secondary N) is 1. The number of hydrogen-bond acceptors (Lipinski definition) is 5. The van der Waals surface area contributed by atoms with Crippen LogP contribution in [-0.4, -0.2) is 25.1 Å². The van der Waals surface area contributed by atoms with E-state index in [4.69, 9.17) is 4.42 Å². The van der Waals surface area contributed by atoms with Gasteiger partial charge in [0.25, 0.3) is 0 Å². The number of anilines is 1. The summed E-state index contributed by atoms with van der Waals surface area (Å²) in [7, 11) is -3.40. The Labute approximate surface area is 177 Å². The number of nitrogens with zero attached hydrogens (tertiary/aromatic N) is 1. The minimum Gasteiger partial charge on any atom is -0.444 e. The Morgan fingerprint density at radius 3 is 2.40 bits per heavy atom. The summed E-state index contributed by atoms with van der Waals surface area (Å²) in [5, 5.41) is 2.90. The SMILES string of the molecule is Cc1cc(C)c(NC(=O)CCCS(=O)(=O)Cc2coc(-c3ccccc3)n2)c(C)c1. The van der Waals surface area contributed by atoms with Crippen LogP contribution in [0.4, 0.5) is 5.69 Å². The molecular weight excluding hydrogens is 400 g/mol. The van der Waals surface area contributed by atoms with Crippen molar-refractivity contribution in [2.75, 3.05) is 11.1 Å². The summed E-state index contributed by atoms with van der Waals surface area (Å²) in [5.41, 5.74) is 5.08. The molecule has 158 valence electrons. The van der Waals surface area contributed by atoms with Gasteiger partial charge in [-0.05, 0) is 50.5 Å². The van der Waals surface area contributed by atoms with Crippen molar-refractivity contribution in [2.24, 2.45) is 0 Å². The predicted molar refractivity (Wildman–Crippen MR) is 118 cm³/mol. The highest BCUT2D eigenvalue weighted by molar-refractivity contribution is 7.90. The number of carbonyl (C=O) groups excluding carboxylic acids is 1. The van der Waals surface area contributed by atoms with E-state index in [0.717, 1.165) is 27.9 Å². The number of aryl methyl sites for hydroxylation is 3. The molecular formula is C23H26N2O4S. The molecule has 7 heteroatoms. The lowest BCUT2D eigenvalue weighted by atomic mass is 10.0. The van der Waals surface area contributed by atoms with Gasteiger partial charge >= 0.3 is 0 Å². The quantitative estimate of drug-likeness (QED) is 0.569. The van der Waals surface area contributed by atoms with Crippen molar-refractivity contribution in [1.82, 2.24) is 4.98 Å². The summed E-state index contributed by atoms with van der Waals surface area (Å²) >= 11 is 0. The number of amides is 1. The Bertz CT molecular complexity index is 1110. The van der Waals surface area contributed by atoms with Crippen molar-refractivity contribution >= 4 is 21.4 Å². The largest absolute Gasteiger partial charge is 0.444 e. The van der Waals surface area contributed by atoms with Crippen LogP contribution in [0.2, 0.25) is 0 Å². The molecule has 0 aliphatic carbocycles. The first-order chi connectivity index (χ1) is 14.2. The first kappa shape index (κ1) is 21.8. The van der Waals surface area contributed by atoms with Crippen LogP contribution >= 0.6 is 0 Å². The van der Waals surface area contributed by atoms with Crippen LogP contribution in [0, 0.1) is 20.8 Å². The van der Waals surface area contributed by atoms with Gasteiger partial charge in [0.05, 0.1) is 17.2 Å². The van der Waals surface area contributed by atoms with Gasteiger partial charge in [0.1, 0.15) is 6.26 Å². The van der Waals surface area contributed by atoms with Gasteiger partial charge in [-0.2, -0.15) is 0 Å². The maximum Gasteiger partial charge on any atom is 0.226 e. The maximum absolute atomic E-state index is 12.4. The molecule has 0 atom stereocenters. The molecule has 0 aliphatic heterocycles. The lowest BCUT2D eigenvalue weighted by Crippen LogP contribution is -2.16. The molecule has 2 aromatic carbocycles. The van der Waals surface area contributed by atoms with Crippen LogP contribution in [0.1, 0.15) is 35.2 Å². The molecule has 1 amide bonds. The minimum absolute atomic E-state index is 0.0835. The molecule has 0 saturated heterocycles. The van der Waals surface area contributed by atoms with Crippen LogP contribution in [0.3, 0.4) is 0 Å². The number of oxazole rings is 1. The Hall–Kier alpha value is -2.93. The van der Waals surface area contributed by atoms with Gasteiger partial charge in [-0.15, -0.1) is 0 Å². The van der Waals surface area contributed by atoms with E-state index in [1.165, 1.54) is 6.26 Å². The number of benzene rings is 2. The maximum atomic E-state index is 12.4. The third-order valence-electron chi connectivity index (χ3n) is 4.74. The summed E-state index contributed by atoms with van der Waals surface area (Å²) in [6.45, 7) is 5.90. The average molecular weight is 427 g/mol. The van der Waals surface area contributed by atoms with E-state index in [1.54, 1.807) is 0 Å². The third-order valence-corrected chi connectivity index (χ3v) is 6.39. The molecule has 30 heavy (non-hydrogen) atoms. The molecule has 0 fully saturated rings. The molecule has 0 unspecified atom stereocenters. The predicted octanol–water partition coefficient (Wildman–Crippen LogP) is 4.60. The van der Waals surface area contributed by atoms with E-state index in [1.807, 2.05) is 63.2 Å². The lowest BCUT2D eigenvalue weighted by Gasteiger charge is -2.12. The molecule has 1 heterocycles. The van der Waals surface area contributed by atoms with Crippen LogP contribution < -0.4 is 5.32 Å². The fraction of sp³-hybridized carbons (Fsp3) is 0.304. The molecule has 3 aromatic rings. The monoisotopic (exact) mass is 426 g/mol. The number of carbonyl (C=O) groups is 1. The van der Waals surface area contributed by atoms with Gasteiger partial charge in [-0.25, -0.2) is 13.4 Å². The van der Waals surface area contributed by atoms with E-state index in [2.05, 4.69) is 10.3 Å². The molecule has 1 aromatic heterocycles. The molecule has 0 bridgehead atoms. The average Bonchev–Trinajstić information content (AvgIpc) is 3.13. The highest BCUT2D eigenvalue weighted by Gasteiger charge is 2.17. The standard InChI is InChI=1S/C23H26N2O4S/c1-16-12-17(2)22(18(3)13-16)25-21(26)10-7-11-30(27,28)15-20-14-29-23(24-20)19-8-5-4-6-9-19/h4-6,8-9,12-14H,7,10-11,15H2,1-3H3,(H,25,26). The van der Waals surface area contributed by atoms with Crippen molar-refractivity contribution in [1.29, 1.82) is 0 Å². The van der Waals surface area contributed by atoms with Gasteiger partial charge in [0, 0.05) is 17.7 Å². The van der Waals surface area contributed by atoms with E-state index in [9.17, 15) is 13.2 Å². The Balaban J connectivity index is 1.52. The zero-order valence-electron chi connectivity index (χ0n) is 17.4. The lowest BCUT2D eigenvalue weighted by molar-refractivity contribution is -0.116. The number of aromatic nitrogens is 1. The summed E-state index contributed by atoms with van der Waals surface area (Å²) in [6, 6.07) is 13.3.